The maximum atomic E-state index is 11.2. The highest BCUT2D eigenvalue weighted by molar-refractivity contribution is 5.87. The van der Waals surface area contributed by atoms with Gasteiger partial charge in [0.05, 0.1) is 5.69 Å². The third-order valence-corrected chi connectivity index (χ3v) is 2.95. The molecule has 0 fully saturated rings. The lowest BCUT2D eigenvalue weighted by molar-refractivity contribution is -0.117. The molecule has 1 aliphatic carbocycles. The minimum atomic E-state index is 0.301. The number of carbonyl (C=O) groups excluding carboxylic acids is 1. The van der Waals surface area contributed by atoms with Gasteiger partial charge in [0.25, 0.3) is 0 Å². The first-order valence-corrected chi connectivity index (χ1v) is 4.57. The Morgan fingerprint density at radius 2 is 1.77 bits per heavy atom. The zero-order valence-corrected chi connectivity index (χ0v) is 8.27. The summed E-state index contributed by atoms with van der Waals surface area (Å²) in [5.41, 5.74) is 5.73. The number of hydrogen-bond acceptors (Lipinski definition) is 2. The summed E-state index contributed by atoms with van der Waals surface area (Å²) in [7, 11) is 0. The molecule has 2 nitrogen and oxygen atoms in total. The van der Waals surface area contributed by atoms with Crippen molar-refractivity contribution < 1.29 is 4.79 Å². The number of rotatable bonds is 0. The number of aromatic nitrogens is 1. The van der Waals surface area contributed by atoms with E-state index in [4.69, 9.17) is 0 Å². The van der Waals surface area contributed by atoms with Crippen LogP contribution in [0.2, 0.25) is 0 Å². The topological polar surface area (TPSA) is 30.0 Å². The SMILES string of the molecule is Cc1nc2c(c(C)c1C)CC(=O)C2. The fourth-order valence-electron chi connectivity index (χ4n) is 1.90. The fourth-order valence-corrected chi connectivity index (χ4v) is 1.90. The molecule has 0 saturated heterocycles. The van der Waals surface area contributed by atoms with Gasteiger partial charge in [0, 0.05) is 18.5 Å². The minimum absolute atomic E-state index is 0.301. The van der Waals surface area contributed by atoms with Gasteiger partial charge >= 0.3 is 0 Å². The molecule has 1 aliphatic rings. The van der Waals surface area contributed by atoms with Crippen molar-refractivity contribution in [2.75, 3.05) is 0 Å². The summed E-state index contributed by atoms with van der Waals surface area (Å²) in [6.45, 7) is 6.16. The number of carbonyl (C=O) groups is 1. The fraction of sp³-hybridized carbons (Fsp3) is 0.455. The van der Waals surface area contributed by atoms with Crippen molar-refractivity contribution in [3.05, 3.63) is 28.1 Å². The molecule has 0 N–H and O–H groups in total. The summed E-state index contributed by atoms with van der Waals surface area (Å²) in [6, 6.07) is 0. The Morgan fingerprint density at radius 1 is 1.08 bits per heavy atom. The van der Waals surface area contributed by atoms with E-state index in [-0.39, 0.29) is 0 Å². The zero-order chi connectivity index (χ0) is 9.59. The van der Waals surface area contributed by atoms with E-state index in [2.05, 4.69) is 18.8 Å². The van der Waals surface area contributed by atoms with Crippen LogP contribution < -0.4 is 0 Å². The third kappa shape index (κ3) is 1.17. The number of Topliss-reactive ketones (excluding diaryl/α,β-unsaturated/α-hetero) is 1. The van der Waals surface area contributed by atoms with Crippen molar-refractivity contribution in [1.82, 2.24) is 4.98 Å². The number of ketones is 1. The predicted molar refractivity (Wildman–Crippen MR) is 50.9 cm³/mol. The molecular formula is C11H13NO. The lowest BCUT2D eigenvalue weighted by atomic mass is 10.0. The van der Waals surface area contributed by atoms with Crippen LogP contribution in [0.1, 0.15) is 28.1 Å². The molecule has 0 bridgehead atoms. The van der Waals surface area contributed by atoms with Crippen molar-refractivity contribution >= 4 is 5.78 Å². The van der Waals surface area contributed by atoms with Crippen molar-refractivity contribution in [1.29, 1.82) is 0 Å². The van der Waals surface area contributed by atoms with Gasteiger partial charge in [-0.3, -0.25) is 9.78 Å². The first-order chi connectivity index (χ1) is 6.09. The van der Waals surface area contributed by atoms with Gasteiger partial charge in [-0.15, -0.1) is 0 Å². The van der Waals surface area contributed by atoms with E-state index in [0.29, 0.717) is 18.6 Å². The van der Waals surface area contributed by atoms with Gasteiger partial charge in [0.1, 0.15) is 5.78 Å². The van der Waals surface area contributed by atoms with Gasteiger partial charge in [-0.25, -0.2) is 0 Å². The van der Waals surface area contributed by atoms with Crippen molar-refractivity contribution in [2.45, 2.75) is 33.6 Å². The normalized spacial score (nSPS) is 14.8. The molecule has 0 amide bonds. The first-order valence-electron chi connectivity index (χ1n) is 4.57. The number of hydrogen-bond donors (Lipinski definition) is 0. The monoisotopic (exact) mass is 175 g/mol. The van der Waals surface area contributed by atoms with Crippen LogP contribution in [-0.4, -0.2) is 10.8 Å². The molecule has 2 rings (SSSR count). The first kappa shape index (κ1) is 8.42. The average molecular weight is 175 g/mol. The van der Waals surface area contributed by atoms with Crippen LogP contribution in [0.5, 0.6) is 0 Å². The Labute approximate surface area is 78.0 Å². The molecule has 0 saturated carbocycles. The highest BCUT2D eigenvalue weighted by atomic mass is 16.1. The Bertz CT molecular complexity index is 394. The van der Waals surface area contributed by atoms with Crippen LogP contribution in [0.3, 0.4) is 0 Å². The summed E-state index contributed by atoms with van der Waals surface area (Å²) in [5.74, 6) is 0.301. The number of fused-ring (bicyclic) bond motifs is 1. The van der Waals surface area contributed by atoms with Crippen molar-refractivity contribution in [3.8, 4) is 0 Å². The van der Waals surface area contributed by atoms with Crippen LogP contribution in [0.4, 0.5) is 0 Å². The van der Waals surface area contributed by atoms with Crippen LogP contribution in [0.15, 0.2) is 0 Å². The van der Waals surface area contributed by atoms with Crippen LogP contribution in [0.25, 0.3) is 0 Å². The molecular weight excluding hydrogens is 162 g/mol. The van der Waals surface area contributed by atoms with Gasteiger partial charge in [0.2, 0.25) is 0 Å². The molecule has 13 heavy (non-hydrogen) atoms. The van der Waals surface area contributed by atoms with Crippen LogP contribution >= 0.6 is 0 Å². The smallest absolute Gasteiger partial charge is 0.143 e. The molecule has 0 atom stereocenters. The van der Waals surface area contributed by atoms with E-state index in [1.807, 2.05) is 6.92 Å². The van der Waals surface area contributed by atoms with Crippen LogP contribution in [0, 0.1) is 20.8 Å². The molecule has 68 valence electrons. The zero-order valence-electron chi connectivity index (χ0n) is 8.27. The minimum Gasteiger partial charge on any atom is -0.299 e. The number of nitrogens with zero attached hydrogens (tertiary/aromatic N) is 1. The predicted octanol–water partition coefficient (Wildman–Crippen LogP) is 1.67. The van der Waals surface area contributed by atoms with Crippen molar-refractivity contribution in [3.63, 3.8) is 0 Å². The summed E-state index contributed by atoms with van der Waals surface area (Å²) in [5, 5.41) is 0. The van der Waals surface area contributed by atoms with E-state index in [1.54, 1.807) is 0 Å². The standard InChI is InChI=1S/C11H13NO/c1-6-7(2)10-4-9(13)5-11(10)12-8(6)3/h4-5H2,1-3H3. The van der Waals surface area contributed by atoms with Gasteiger partial charge in [0.15, 0.2) is 0 Å². The molecule has 0 radical (unpaired) electrons. The van der Waals surface area contributed by atoms with E-state index >= 15 is 0 Å². The van der Waals surface area contributed by atoms with Gasteiger partial charge < -0.3 is 0 Å². The largest absolute Gasteiger partial charge is 0.299 e. The number of pyridine rings is 1. The second-order valence-corrected chi connectivity index (χ2v) is 3.76. The molecule has 0 aromatic carbocycles. The van der Waals surface area contributed by atoms with E-state index < -0.39 is 0 Å². The van der Waals surface area contributed by atoms with Gasteiger partial charge in [-0.2, -0.15) is 0 Å². The summed E-state index contributed by atoms with van der Waals surface area (Å²) < 4.78 is 0. The summed E-state index contributed by atoms with van der Waals surface area (Å²) in [4.78, 5) is 15.7. The molecule has 1 heterocycles. The Balaban J connectivity index is 2.66. The highest BCUT2D eigenvalue weighted by Gasteiger charge is 2.22. The average Bonchev–Trinajstić information content (AvgIpc) is 2.42. The molecule has 0 spiro atoms. The maximum Gasteiger partial charge on any atom is 0.143 e. The second kappa shape index (κ2) is 2.66. The third-order valence-electron chi connectivity index (χ3n) is 2.95. The lowest BCUT2D eigenvalue weighted by Crippen LogP contribution is -1.99. The molecule has 2 heteroatoms. The van der Waals surface area contributed by atoms with E-state index in [0.717, 1.165) is 11.4 Å². The molecule has 1 aromatic heterocycles. The Kier molecular flexibility index (Phi) is 1.72. The Morgan fingerprint density at radius 3 is 2.46 bits per heavy atom. The molecule has 0 aliphatic heterocycles. The summed E-state index contributed by atoms with van der Waals surface area (Å²) >= 11 is 0. The van der Waals surface area contributed by atoms with E-state index in [1.165, 1.54) is 16.7 Å². The Hall–Kier alpha value is -1.18. The van der Waals surface area contributed by atoms with Crippen LogP contribution in [-0.2, 0) is 17.6 Å². The summed E-state index contributed by atoms with van der Waals surface area (Å²) in [6.07, 6.45) is 1.13. The van der Waals surface area contributed by atoms with Crippen molar-refractivity contribution in [2.24, 2.45) is 0 Å². The quantitative estimate of drug-likeness (QED) is 0.600. The molecule has 1 aromatic rings. The van der Waals surface area contributed by atoms with E-state index in [9.17, 15) is 4.79 Å². The van der Waals surface area contributed by atoms with Gasteiger partial charge in [-0.05, 0) is 37.5 Å². The molecule has 0 unspecified atom stereocenters. The lowest BCUT2D eigenvalue weighted by Gasteiger charge is -2.08. The highest BCUT2D eigenvalue weighted by Crippen LogP contribution is 2.24. The van der Waals surface area contributed by atoms with Gasteiger partial charge in [-0.1, -0.05) is 0 Å². The second-order valence-electron chi connectivity index (χ2n) is 3.76. The number of aryl methyl sites for hydroxylation is 1. The maximum absolute atomic E-state index is 11.2.